The molecule has 3 aromatic carbocycles. The number of piperazine rings is 1. The maximum Gasteiger partial charge on any atom is 0.362 e. The second kappa shape index (κ2) is 15.7. The zero-order valence-electron chi connectivity index (χ0n) is 30.0. The van der Waals surface area contributed by atoms with Gasteiger partial charge in [-0.15, -0.1) is 0 Å². The van der Waals surface area contributed by atoms with Crippen molar-refractivity contribution in [1.29, 1.82) is 0 Å². The molecule has 17 heteroatoms. The number of aromatic nitrogens is 2. The van der Waals surface area contributed by atoms with E-state index in [1.165, 1.54) is 20.4 Å². The number of amides is 3. The molecule has 4 heterocycles. The number of anilines is 5. The van der Waals surface area contributed by atoms with E-state index >= 15 is 0 Å². The van der Waals surface area contributed by atoms with Gasteiger partial charge in [0.15, 0.2) is 5.82 Å². The molecule has 3 aliphatic heterocycles. The highest BCUT2D eigenvalue weighted by Crippen LogP contribution is 2.47. The Bertz CT molecular complexity index is 2140. The molecule has 3 N–H and O–H groups in total. The summed E-state index contributed by atoms with van der Waals surface area (Å²) in [5.74, 6) is 0.287. The molecule has 3 aliphatic rings. The van der Waals surface area contributed by atoms with E-state index in [0.29, 0.717) is 41.0 Å². The fourth-order valence-electron chi connectivity index (χ4n) is 6.98. The minimum Gasteiger partial charge on any atom is -0.494 e. The third-order valence-electron chi connectivity index (χ3n) is 9.84. The first-order valence-electron chi connectivity index (χ1n) is 17.4. The fourth-order valence-corrected chi connectivity index (χ4v) is 8.36. The summed E-state index contributed by atoms with van der Waals surface area (Å²) in [5.41, 5.74) is 4.75. The van der Waals surface area contributed by atoms with Crippen LogP contribution in [0.25, 0.3) is 0 Å². The largest absolute Gasteiger partial charge is 0.494 e. The van der Waals surface area contributed by atoms with E-state index in [4.69, 9.17) is 25.4 Å². The van der Waals surface area contributed by atoms with Crippen LogP contribution in [0.5, 0.6) is 5.75 Å². The average molecular weight is 775 g/mol. The van der Waals surface area contributed by atoms with Crippen molar-refractivity contribution in [2.75, 3.05) is 63.0 Å². The summed E-state index contributed by atoms with van der Waals surface area (Å²) >= 11 is 6.46. The number of nitrogens with zero attached hydrogens (tertiary/aromatic N) is 5. The van der Waals surface area contributed by atoms with Gasteiger partial charge in [-0.25, -0.2) is 4.98 Å². The van der Waals surface area contributed by atoms with Crippen molar-refractivity contribution < 1.29 is 32.7 Å². The van der Waals surface area contributed by atoms with Crippen molar-refractivity contribution >= 4 is 71.1 Å². The van der Waals surface area contributed by atoms with Gasteiger partial charge >= 0.3 is 7.60 Å². The van der Waals surface area contributed by atoms with E-state index in [0.717, 1.165) is 49.5 Å². The molecule has 0 bridgehead atoms. The molecular formula is C37H40ClN8O7P. The zero-order chi connectivity index (χ0) is 38.0. The number of benzene rings is 3. The number of fused-ring (bicyclic) bond motifs is 1. The number of hydrogen-bond donors (Lipinski definition) is 3. The summed E-state index contributed by atoms with van der Waals surface area (Å²) in [6.07, 6.45) is 2.04. The van der Waals surface area contributed by atoms with Crippen LogP contribution in [0.1, 0.15) is 34.3 Å². The smallest absolute Gasteiger partial charge is 0.362 e. The number of methoxy groups -OCH3 is 1. The Morgan fingerprint density at radius 3 is 2.46 bits per heavy atom. The van der Waals surface area contributed by atoms with Crippen molar-refractivity contribution in [2.45, 2.75) is 32.0 Å². The maximum atomic E-state index is 13.2. The highest BCUT2D eigenvalue weighted by atomic mass is 35.5. The molecule has 0 saturated carbocycles. The quantitative estimate of drug-likeness (QED) is 0.133. The number of rotatable bonds is 12. The first-order valence-corrected chi connectivity index (χ1v) is 19.3. The molecule has 7 rings (SSSR count). The van der Waals surface area contributed by atoms with Gasteiger partial charge in [-0.1, -0.05) is 35.9 Å². The van der Waals surface area contributed by atoms with E-state index < -0.39 is 19.5 Å². The van der Waals surface area contributed by atoms with Gasteiger partial charge in [0, 0.05) is 77.2 Å². The zero-order valence-corrected chi connectivity index (χ0v) is 31.7. The van der Waals surface area contributed by atoms with Gasteiger partial charge in [-0.3, -0.25) is 29.2 Å². The van der Waals surface area contributed by atoms with Crippen LogP contribution in [0.15, 0.2) is 66.9 Å². The molecule has 282 valence electrons. The predicted molar refractivity (Wildman–Crippen MR) is 204 cm³/mol. The molecule has 2 saturated heterocycles. The number of nitrogens with one attached hydrogen (secondary N) is 3. The number of imide groups is 1. The van der Waals surface area contributed by atoms with Crippen molar-refractivity contribution in [2.24, 2.45) is 0 Å². The van der Waals surface area contributed by atoms with Crippen LogP contribution >= 0.6 is 19.2 Å². The highest BCUT2D eigenvalue weighted by molar-refractivity contribution is 7.62. The third kappa shape index (κ3) is 7.63. The van der Waals surface area contributed by atoms with E-state index in [-0.39, 0.29) is 35.0 Å². The lowest BCUT2D eigenvalue weighted by atomic mass is 10.0. The maximum absolute atomic E-state index is 13.2. The van der Waals surface area contributed by atoms with E-state index in [9.17, 15) is 18.9 Å². The lowest BCUT2D eigenvalue weighted by molar-refractivity contribution is -0.136. The molecule has 0 spiro atoms. The van der Waals surface area contributed by atoms with Crippen LogP contribution in [0, 0.1) is 0 Å². The minimum atomic E-state index is -3.57. The predicted octanol–water partition coefficient (Wildman–Crippen LogP) is 4.82. The molecule has 4 aromatic rings. The van der Waals surface area contributed by atoms with Crippen LogP contribution < -0.4 is 30.9 Å². The monoisotopic (exact) mass is 774 g/mol. The number of halogens is 1. The normalized spacial score (nSPS) is 17.7. The SMILES string of the molecule is COc1cc(N2CCN(Cc3ccc4c(c3)CN(C3CCC(=O)NC3=O)C4=O)CC2)ccc1Nc1ncc(Cl)c(Nc2ccccc2P(=O)(OC)OC)n1. The van der Waals surface area contributed by atoms with Gasteiger partial charge in [0.2, 0.25) is 17.8 Å². The number of hydrogen-bond acceptors (Lipinski definition) is 13. The summed E-state index contributed by atoms with van der Waals surface area (Å²) in [4.78, 5) is 52.3. The molecule has 1 unspecified atom stereocenters. The molecule has 15 nitrogen and oxygen atoms in total. The van der Waals surface area contributed by atoms with Crippen LogP contribution in [-0.2, 0) is 36.3 Å². The van der Waals surface area contributed by atoms with Crippen molar-refractivity contribution in [3.05, 3.63) is 88.6 Å². The minimum absolute atomic E-state index is 0.167. The Kier molecular flexibility index (Phi) is 10.9. The average Bonchev–Trinajstić information content (AvgIpc) is 3.51. The summed E-state index contributed by atoms with van der Waals surface area (Å²) < 4.78 is 29.3. The molecule has 2 fully saturated rings. The Morgan fingerprint density at radius 2 is 1.72 bits per heavy atom. The first-order chi connectivity index (χ1) is 26.1. The lowest BCUT2D eigenvalue weighted by Gasteiger charge is -2.36. The van der Waals surface area contributed by atoms with Crippen molar-refractivity contribution in [1.82, 2.24) is 25.1 Å². The Balaban J connectivity index is 0.972. The molecule has 1 aromatic heterocycles. The van der Waals surface area contributed by atoms with E-state index in [1.54, 1.807) is 36.3 Å². The third-order valence-corrected chi connectivity index (χ3v) is 12.1. The Labute approximate surface area is 317 Å². The number of piperidine rings is 1. The van der Waals surface area contributed by atoms with E-state index in [2.05, 4.69) is 41.8 Å². The van der Waals surface area contributed by atoms with Gasteiger partial charge in [-0.05, 0) is 47.9 Å². The summed E-state index contributed by atoms with van der Waals surface area (Å²) in [7, 11) is 0.683. The number of para-hydroxylation sites is 1. The molecule has 0 aliphatic carbocycles. The van der Waals surface area contributed by atoms with Crippen molar-refractivity contribution in [3.8, 4) is 5.75 Å². The van der Waals surface area contributed by atoms with Crippen LogP contribution in [0.2, 0.25) is 5.02 Å². The standard InChI is InChI=1S/C37H40ClN8O7P/c1-51-31-19-25(9-11-28(31)41-37-39-20-27(38)34(43-37)40-29-6-4-5-7-32(29)54(50,52-2)53-3)45-16-14-44(15-17-45)21-23-8-10-26-24(18-23)22-46(36(26)49)30-12-13-33(47)42-35(30)48/h4-11,18-20,30H,12-17,21-22H2,1-3H3,(H,42,47,48)(H2,39,40,41,43). The topological polar surface area (TPSA) is 168 Å². The number of carbonyl (C=O) groups excluding carboxylic acids is 3. The molecule has 1 atom stereocenters. The van der Waals surface area contributed by atoms with Crippen LogP contribution in [0.3, 0.4) is 0 Å². The number of ether oxygens (including phenoxy) is 1. The molecular weight excluding hydrogens is 735 g/mol. The first kappa shape index (κ1) is 37.3. The Hall–Kier alpha value is -5.05. The van der Waals surface area contributed by atoms with Gasteiger partial charge in [0.1, 0.15) is 16.8 Å². The summed E-state index contributed by atoms with van der Waals surface area (Å²) in [6, 6.07) is 18.1. The van der Waals surface area contributed by atoms with Gasteiger partial charge in [0.05, 0.1) is 30.0 Å². The number of carbonyl (C=O) groups is 3. The van der Waals surface area contributed by atoms with Crippen LogP contribution in [-0.4, -0.2) is 91.0 Å². The van der Waals surface area contributed by atoms with Gasteiger partial charge in [0.25, 0.3) is 5.91 Å². The van der Waals surface area contributed by atoms with Crippen LogP contribution in [0.4, 0.5) is 28.8 Å². The fraction of sp³-hybridized carbons (Fsp3) is 0.324. The second-order valence-corrected chi connectivity index (χ2v) is 15.7. The van der Waals surface area contributed by atoms with E-state index in [1.807, 2.05) is 30.3 Å². The molecule has 0 radical (unpaired) electrons. The summed E-state index contributed by atoms with van der Waals surface area (Å²) in [5, 5.41) is 9.30. The summed E-state index contributed by atoms with van der Waals surface area (Å²) in [6.45, 7) is 4.38. The molecule has 3 amide bonds. The lowest BCUT2D eigenvalue weighted by Crippen LogP contribution is -2.52. The highest BCUT2D eigenvalue weighted by Gasteiger charge is 2.39. The van der Waals surface area contributed by atoms with Crippen molar-refractivity contribution in [3.63, 3.8) is 0 Å². The second-order valence-electron chi connectivity index (χ2n) is 13.1. The van der Waals surface area contributed by atoms with Gasteiger partial charge < -0.3 is 34.2 Å². The Morgan fingerprint density at radius 1 is 0.944 bits per heavy atom. The van der Waals surface area contributed by atoms with Gasteiger partial charge in [-0.2, -0.15) is 4.98 Å². The molecule has 54 heavy (non-hydrogen) atoms.